The maximum absolute atomic E-state index is 13.0. The second kappa shape index (κ2) is 5.77. The summed E-state index contributed by atoms with van der Waals surface area (Å²) in [6, 6.07) is 4.20. The fourth-order valence-electron chi connectivity index (χ4n) is 1.65. The Morgan fingerprint density at radius 3 is 2.59 bits per heavy atom. The summed E-state index contributed by atoms with van der Waals surface area (Å²) in [5.74, 6) is -1.10. The molecule has 0 aliphatic heterocycles. The van der Waals surface area contributed by atoms with Gasteiger partial charge in [0.1, 0.15) is 11.9 Å². The van der Waals surface area contributed by atoms with Crippen molar-refractivity contribution in [2.75, 3.05) is 0 Å². The first kappa shape index (κ1) is 13.6. The third kappa shape index (κ3) is 3.82. The van der Waals surface area contributed by atoms with E-state index in [-0.39, 0.29) is 11.7 Å². The van der Waals surface area contributed by atoms with Crippen molar-refractivity contribution < 1.29 is 14.3 Å². The van der Waals surface area contributed by atoms with Gasteiger partial charge in [-0.1, -0.05) is 26.0 Å². The summed E-state index contributed by atoms with van der Waals surface area (Å²) in [4.78, 5) is 11.0. The molecule has 0 radical (unpaired) electrons. The van der Waals surface area contributed by atoms with Crippen LogP contribution in [0.15, 0.2) is 18.2 Å². The van der Waals surface area contributed by atoms with Crippen molar-refractivity contribution in [2.45, 2.75) is 33.4 Å². The van der Waals surface area contributed by atoms with E-state index < -0.39 is 12.0 Å². The molecule has 0 unspecified atom stereocenters. The van der Waals surface area contributed by atoms with Gasteiger partial charge in [0.15, 0.2) is 0 Å². The number of carboxylic acid groups (broad SMARTS) is 1. The molecule has 2 N–H and O–H groups in total. The van der Waals surface area contributed by atoms with Crippen LogP contribution in [0.1, 0.15) is 25.0 Å². The van der Waals surface area contributed by atoms with Crippen LogP contribution in [0.3, 0.4) is 0 Å². The zero-order chi connectivity index (χ0) is 13.0. The monoisotopic (exact) mass is 239 g/mol. The highest BCUT2D eigenvalue weighted by molar-refractivity contribution is 5.73. The Morgan fingerprint density at radius 1 is 1.47 bits per heavy atom. The maximum atomic E-state index is 13.0. The molecular weight excluding hydrogens is 221 g/mol. The van der Waals surface area contributed by atoms with Crippen LogP contribution in [0.4, 0.5) is 4.39 Å². The lowest BCUT2D eigenvalue weighted by atomic mass is 10.0. The number of halogens is 1. The first-order valence-corrected chi connectivity index (χ1v) is 5.63. The molecule has 1 aromatic carbocycles. The molecule has 0 spiro atoms. The number of carboxylic acids is 1. The number of aryl methyl sites for hydroxylation is 1. The molecule has 94 valence electrons. The van der Waals surface area contributed by atoms with E-state index in [4.69, 9.17) is 5.11 Å². The van der Waals surface area contributed by atoms with Crippen molar-refractivity contribution in [1.29, 1.82) is 0 Å². The van der Waals surface area contributed by atoms with Gasteiger partial charge in [0.25, 0.3) is 0 Å². The summed E-state index contributed by atoms with van der Waals surface area (Å²) < 4.78 is 13.0. The van der Waals surface area contributed by atoms with Crippen LogP contribution in [0.2, 0.25) is 0 Å². The highest BCUT2D eigenvalue weighted by Crippen LogP contribution is 2.10. The zero-order valence-electron chi connectivity index (χ0n) is 10.3. The predicted octanol–water partition coefficient (Wildman–Crippen LogP) is 2.33. The molecular formula is C13H18FNO2. The summed E-state index contributed by atoms with van der Waals surface area (Å²) in [5.41, 5.74) is 1.46. The van der Waals surface area contributed by atoms with E-state index in [1.54, 1.807) is 19.1 Å². The van der Waals surface area contributed by atoms with Gasteiger partial charge in [-0.3, -0.25) is 4.79 Å². The Morgan fingerprint density at radius 2 is 2.12 bits per heavy atom. The van der Waals surface area contributed by atoms with Crippen molar-refractivity contribution >= 4 is 5.97 Å². The number of hydrogen-bond donors (Lipinski definition) is 2. The molecule has 0 saturated heterocycles. The van der Waals surface area contributed by atoms with Gasteiger partial charge < -0.3 is 10.4 Å². The van der Waals surface area contributed by atoms with Gasteiger partial charge in [-0.25, -0.2) is 4.39 Å². The molecule has 4 heteroatoms. The number of aliphatic carboxylic acids is 1. The summed E-state index contributed by atoms with van der Waals surface area (Å²) in [5, 5.41) is 12.0. The van der Waals surface area contributed by atoms with Crippen LogP contribution in [-0.4, -0.2) is 17.1 Å². The first-order valence-electron chi connectivity index (χ1n) is 5.63. The Kier molecular flexibility index (Phi) is 4.63. The lowest BCUT2D eigenvalue weighted by Gasteiger charge is -2.18. The van der Waals surface area contributed by atoms with E-state index in [1.165, 1.54) is 6.07 Å². The van der Waals surface area contributed by atoms with Gasteiger partial charge in [0, 0.05) is 6.54 Å². The molecule has 0 amide bonds. The minimum Gasteiger partial charge on any atom is -0.480 e. The van der Waals surface area contributed by atoms with E-state index in [0.29, 0.717) is 12.1 Å². The van der Waals surface area contributed by atoms with Crippen LogP contribution < -0.4 is 5.32 Å². The molecule has 1 aromatic rings. The van der Waals surface area contributed by atoms with Crippen molar-refractivity contribution in [1.82, 2.24) is 5.32 Å². The summed E-state index contributed by atoms with van der Waals surface area (Å²) in [6.45, 7) is 5.82. The SMILES string of the molecule is Cc1cc(CN[C@@H](C(=O)O)C(C)C)ccc1F. The molecule has 0 saturated carbocycles. The van der Waals surface area contributed by atoms with E-state index in [9.17, 15) is 9.18 Å². The maximum Gasteiger partial charge on any atom is 0.320 e. The minimum absolute atomic E-state index is 0.00838. The summed E-state index contributed by atoms with van der Waals surface area (Å²) in [7, 11) is 0. The number of carbonyl (C=O) groups is 1. The average Bonchev–Trinajstić information content (AvgIpc) is 2.22. The molecule has 0 heterocycles. The Balaban J connectivity index is 2.65. The van der Waals surface area contributed by atoms with Crippen LogP contribution in [-0.2, 0) is 11.3 Å². The standard InChI is InChI=1S/C13H18FNO2/c1-8(2)12(13(16)17)15-7-10-4-5-11(14)9(3)6-10/h4-6,8,12,15H,7H2,1-3H3,(H,16,17)/t12-/m1/s1. The van der Waals surface area contributed by atoms with Gasteiger partial charge in [0.2, 0.25) is 0 Å². The molecule has 1 rings (SSSR count). The molecule has 17 heavy (non-hydrogen) atoms. The molecule has 0 aliphatic carbocycles. The molecule has 0 fully saturated rings. The Bertz CT molecular complexity index is 404. The fourth-order valence-corrected chi connectivity index (χ4v) is 1.65. The average molecular weight is 239 g/mol. The van der Waals surface area contributed by atoms with Crippen LogP contribution >= 0.6 is 0 Å². The largest absolute Gasteiger partial charge is 0.480 e. The molecule has 0 aromatic heterocycles. The predicted molar refractivity (Wildman–Crippen MR) is 64.2 cm³/mol. The molecule has 0 aliphatic rings. The number of benzene rings is 1. The normalized spacial score (nSPS) is 12.8. The summed E-state index contributed by atoms with van der Waals surface area (Å²) in [6.07, 6.45) is 0. The van der Waals surface area contributed by atoms with Gasteiger partial charge >= 0.3 is 5.97 Å². The highest BCUT2D eigenvalue weighted by atomic mass is 19.1. The van der Waals surface area contributed by atoms with Crippen LogP contribution in [0.25, 0.3) is 0 Å². The quantitative estimate of drug-likeness (QED) is 0.829. The lowest BCUT2D eigenvalue weighted by molar-refractivity contribution is -0.140. The first-order chi connectivity index (χ1) is 7.91. The summed E-state index contributed by atoms with van der Waals surface area (Å²) >= 11 is 0. The second-order valence-corrected chi connectivity index (χ2v) is 4.52. The van der Waals surface area contributed by atoms with Crippen molar-refractivity contribution in [3.63, 3.8) is 0 Å². The Hall–Kier alpha value is -1.42. The van der Waals surface area contributed by atoms with Crippen molar-refractivity contribution in [3.05, 3.63) is 35.1 Å². The van der Waals surface area contributed by atoms with Crippen LogP contribution in [0, 0.1) is 18.7 Å². The number of rotatable bonds is 5. The second-order valence-electron chi connectivity index (χ2n) is 4.52. The number of hydrogen-bond acceptors (Lipinski definition) is 2. The van der Waals surface area contributed by atoms with Gasteiger partial charge in [-0.15, -0.1) is 0 Å². The van der Waals surface area contributed by atoms with Gasteiger partial charge in [-0.05, 0) is 30.0 Å². The topological polar surface area (TPSA) is 49.3 Å². The van der Waals surface area contributed by atoms with E-state index in [1.807, 2.05) is 13.8 Å². The molecule has 1 atom stereocenters. The van der Waals surface area contributed by atoms with Gasteiger partial charge in [0.05, 0.1) is 0 Å². The van der Waals surface area contributed by atoms with Crippen molar-refractivity contribution in [2.24, 2.45) is 5.92 Å². The lowest BCUT2D eigenvalue weighted by Crippen LogP contribution is -2.40. The zero-order valence-corrected chi connectivity index (χ0v) is 10.3. The van der Waals surface area contributed by atoms with E-state index in [2.05, 4.69) is 5.32 Å². The molecule has 3 nitrogen and oxygen atoms in total. The third-order valence-corrected chi connectivity index (χ3v) is 2.68. The van der Waals surface area contributed by atoms with Gasteiger partial charge in [-0.2, -0.15) is 0 Å². The fraction of sp³-hybridized carbons (Fsp3) is 0.462. The number of nitrogens with one attached hydrogen (secondary N) is 1. The van der Waals surface area contributed by atoms with E-state index >= 15 is 0 Å². The van der Waals surface area contributed by atoms with E-state index in [0.717, 1.165) is 5.56 Å². The highest BCUT2D eigenvalue weighted by Gasteiger charge is 2.20. The third-order valence-electron chi connectivity index (χ3n) is 2.68. The Labute approximate surface area is 101 Å². The van der Waals surface area contributed by atoms with Crippen molar-refractivity contribution in [3.8, 4) is 0 Å². The smallest absolute Gasteiger partial charge is 0.320 e. The minimum atomic E-state index is -0.862. The molecule has 0 bridgehead atoms. The van der Waals surface area contributed by atoms with Crippen LogP contribution in [0.5, 0.6) is 0 Å².